The maximum Gasteiger partial charge on any atom is 0.307 e. The van der Waals surface area contributed by atoms with Crippen molar-refractivity contribution in [1.29, 1.82) is 0 Å². The molecule has 2 rings (SSSR count). The van der Waals surface area contributed by atoms with Crippen LogP contribution in [0.25, 0.3) is 0 Å². The number of hydrogen-bond acceptors (Lipinski definition) is 4. The van der Waals surface area contributed by atoms with E-state index in [0.717, 1.165) is 45.2 Å². The van der Waals surface area contributed by atoms with Crippen LogP contribution < -0.4 is 5.32 Å². The summed E-state index contributed by atoms with van der Waals surface area (Å²) in [7, 11) is 1.40. The fourth-order valence-corrected chi connectivity index (χ4v) is 2.87. The molecule has 2 heterocycles. The minimum Gasteiger partial charge on any atom is -0.469 e. The Morgan fingerprint density at radius 3 is 2.78 bits per heavy atom. The van der Waals surface area contributed by atoms with Crippen molar-refractivity contribution in [2.75, 3.05) is 20.2 Å². The Hall–Kier alpha value is -1.10. The lowest BCUT2D eigenvalue weighted by Gasteiger charge is -2.36. The minimum absolute atomic E-state index is 0.0288. The van der Waals surface area contributed by atoms with E-state index in [-0.39, 0.29) is 24.0 Å². The van der Waals surface area contributed by atoms with Gasteiger partial charge in [0, 0.05) is 12.6 Å². The van der Waals surface area contributed by atoms with Gasteiger partial charge >= 0.3 is 5.97 Å². The summed E-state index contributed by atoms with van der Waals surface area (Å²) in [5, 5.41) is 3.23. The van der Waals surface area contributed by atoms with E-state index in [1.807, 2.05) is 4.90 Å². The number of ether oxygens (including phenoxy) is 1. The van der Waals surface area contributed by atoms with E-state index in [0.29, 0.717) is 6.42 Å². The molecular formula is C13H22N2O3. The zero-order chi connectivity index (χ0) is 13.0. The van der Waals surface area contributed by atoms with E-state index in [9.17, 15) is 9.59 Å². The predicted molar refractivity (Wildman–Crippen MR) is 67.0 cm³/mol. The van der Waals surface area contributed by atoms with E-state index in [2.05, 4.69) is 5.32 Å². The highest BCUT2D eigenvalue weighted by atomic mass is 16.5. The SMILES string of the molecule is COC(=O)CC1CCCCN1C(=O)[C@@H]1CCCN1. The van der Waals surface area contributed by atoms with Gasteiger partial charge in [0.15, 0.2) is 0 Å². The Bertz CT molecular complexity index is 313. The monoisotopic (exact) mass is 254 g/mol. The van der Waals surface area contributed by atoms with Crippen molar-refractivity contribution >= 4 is 11.9 Å². The van der Waals surface area contributed by atoms with Gasteiger partial charge in [-0.2, -0.15) is 0 Å². The summed E-state index contributed by atoms with van der Waals surface area (Å²) in [6, 6.07) is -0.00986. The average molecular weight is 254 g/mol. The summed E-state index contributed by atoms with van der Waals surface area (Å²) in [4.78, 5) is 25.7. The van der Waals surface area contributed by atoms with Gasteiger partial charge in [0.05, 0.1) is 19.6 Å². The standard InChI is InChI=1S/C13H22N2O3/c1-18-12(16)9-10-5-2-3-8-15(10)13(17)11-6-4-7-14-11/h10-11,14H,2-9H2,1H3/t10?,11-/m0/s1. The Balaban J connectivity index is 1.97. The minimum atomic E-state index is -0.223. The second-order valence-corrected chi connectivity index (χ2v) is 5.11. The molecule has 0 aromatic heterocycles. The molecular weight excluding hydrogens is 232 g/mol. The van der Waals surface area contributed by atoms with Crippen molar-refractivity contribution in [3.8, 4) is 0 Å². The highest BCUT2D eigenvalue weighted by molar-refractivity contribution is 5.83. The van der Waals surface area contributed by atoms with Gasteiger partial charge in [0.25, 0.3) is 0 Å². The first-order valence-corrected chi connectivity index (χ1v) is 6.83. The lowest BCUT2D eigenvalue weighted by Crippen LogP contribution is -2.51. The normalized spacial score (nSPS) is 28.2. The molecule has 2 aliphatic heterocycles. The Labute approximate surface area is 108 Å². The first-order chi connectivity index (χ1) is 8.72. The van der Waals surface area contributed by atoms with Crippen LogP contribution in [0.5, 0.6) is 0 Å². The van der Waals surface area contributed by atoms with Gasteiger partial charge in [0.1, 0.15) is 0 Å². The second kappa shape index (κ2) is 6.18. The molecule has 1 unspecified atom stereocenters. The van der Waals surface area contributed by atoms with Crippen LogP contribution in [0.4, 0.5) is 0 Å². The van der Waals surface area contributed by atoms with Crippen LogP contribution >= 0.6 is 0 Å². The van der Waals surface area contributed by atoms with E-state index in [1.165, 1.54) is 7.11 Å². The molecule has 0 saturated carbocycles. The van der Waals surface area contributed by atoms with Gasteiger partial charge in [0.2, 0.25) is 5.91 Å². The van der Waals surface area contributed by atoms with Crippen LogP contribution in [-0.2, 0) is 14.3 Å². The molecule has 0 bridgehead atoms. The predicted octanol–water partition coefficient (Wildman–Crippen LogP) is 0.683. The lowest BCUT2D eigenvalue weighted by atomic mass is 9.98. The van der Waals surface area contributed by atoms with Crippen molar-refractivity contribution in [1.82, 2.24) is 10.2 Å². The number of methoxy groups -OCH3 is 1. The van der Waals surface area contributed by atoms with Gasteiger partial charge in [-0.3, -0.25) is 9.59 Å². The second-order valence-electron chi connectivity index (χ2n) is 5.11. The van der Waals surface area contributed by atoms with Gasteiger partial charge in [-0.1, -0.05) is 0 Å². The number of esters is 1. The number of rotatable bonds is 3. The highest BCUT2D eigenvalue weighted by Gasteiger charge is 2.33. The molecule has 2 atom stereocenters. The molecule has 5 nitrogen and oxygen atoms in total. The molecule has 102 valence electrons. The number of nitrogens with zero attached hydrogens (tertiary/aromatic N) is 1. The van der Waals surface area contributed by atoms with Crippen LogP contribution in [0.15, 0.2) is 0 Å². The van der Waals surface area contributed by atoms with Crippen LogP contribution in [-0.4, -0.2) is 49.1 Å². The number of piperidine rings is 1. The van der Waals surface area contributed by atoms with E-state index < -0.39 is 0 Å². The quantitative estimate of drug-likeness (QED) is 0.753. The number of carbonyl (C=O) groups is 2. The van der Waals surface area contributed by atoms with Crippen molar-refractivity contribution in [3.05, 3.63) is 0 Å². The fraction of sp³-hybridized carbons (Fsp3) is 0.846. The van der Waals surface area contributed by atoms with Crippen molar-refractivity contribution in [3.63, 3.8) is 0 Å². The Morgan fingerprint density at radius 2 is 2.11 bits per heavy atom. The molecule has 2 fully saturated rings. The molecule has 1 N–H and O–H groups in total. The first kappa shape index (κ1) is 13.3. The third kappa shape index (κ3) is 3.02. The van der Waals surface area contributed by atoms with Crippen molar-refractivity contribution < 1.29 is 14.3 Å². The number of hydrogen-bond donors (Lipinski definition) is 1. The summed E-state index contributed by atoms with van der Waals surface area (Å²) in [5.74, 6) is -0.0554. The zero-order valence-corrected chi connectivity index (χ0v) is 11.0. The molecule has 0 spiro atoms. The largest absolute Gasteiger partial charge is 0.469 e. The highest BCUT2D eigenvalue weighted by Crippen LogP contribution is 2.22. The number of nitrogens with one attached hydrogen (secondary N) is 1. The van der Waals surface area contributed by atoms with Gasteiger partial charge in [-0.25, -0.2) is 0 Å². The molecule has 18 heavy (non-hydrogen) atoms. The number of amides is 1. The van der Waals surface area contributed by atoms with E-state index >= 15 is 0 Å². The third-order valence-electron chi connectivity index (χ3n) is 3.90. The van der Waals surface area contributed by atoms with Crippen LogP contribution in [0, 0.1) is 0 Å². The molecule has 0 radical (unpaired) electrons. The lowest BCUT2D eigenvalue weighted by molar-refractivity contribution is -0.145. The number of carbonyl (C=O) groups excluding carboxylic acids is 2. The topological polar surface area (TPSA) is 58.6 Å². The summed E-state index contributed by atoms with van der Waals surface area (Å²) >= 11 is 0. The van der Waals surface area contributed by atoms with Crippen LogP contribution in [0.3, 0.4) is 0 Å². The van der Waals surface area contributed by atoms with Crippen molar-refractivity contribution in [2.24, 2.45) is 0 Å². The molecule has 2 saturated heterocycles. The molecule has 0 aromatic carbocycles. The van der Waals surface area contributed by atoms with Crippen LogP contribution in [0.1, 0.15) is 38.5 Å². The molecule has 1 amide bonds. The molecule has 5 heteroatoms. The summed E-state index contributed by atoms with van der Waals surface area (Å²) in [5.41, 5.74) is 0. The van der Waals surface area contributed by atoms with E-state index in [1.54, 1.807) is 0 Å². The summed E-state index contributed by atoms with van der Waals surface area (Å²) < 4.78 is 4.71. The fourth-order valence-electron chi connectivity index (χ4n) is 2.87. The third-order valence-corrected chi connectivity index (χ3v) is 3.90. The average Bonchev–Trinajstić information content (AvgIpc) is 2.92. The first-order valence-electron chi connectivity index (χ1n) is 6.83. The summed E-state index contributed by atoms with van der Waals surface area (Å²) in [6.07, 6.45) is 5.34. The summed E-state index contributed by atoms with van der Waals surface area (Å²) in [6.45, 7) is 1.70. The number of likely N-dealkylation sites (tertiary alicyclic amines) is 1. The smallest absolute Gasteiger partial charge is 0.307 e. The van der Waals surface area contributed by atoms with Gasteiger partial charge in [-0.15, -0.1) is 0 Å². The maximum absolute atomic E-state index is 12.4. The van der Waals surface area contributed by atoms with Gasteiger partial charge in [-0.05, 0) is 38.6 Å². The van der Waals surface area contributed by atoms with Crippen LogP contribution in [0.2, 0.25) is 0 Å². The maximum atomic E-state index is 12.4. The zero-order valence-electron chi connectivity index (χ0n) is 11.0. The van der Waals surface area contributed by atoms with E-state index in [4.69, 9.17) is 4.74 Å². The molecule has 0 aliphatic carbocycles. The molecule has 2 aliphatic rings. The van der Waals surface area contributed by atoms with Crippen molar-refractivity contribution in [2.45, 2.75) is 50.6 Å². The molecule has 0 aromatic rings. The Morgan fingerprint density at radius 1 is 1.28 bits per heavy atom. The Kier molecular flexibility index (Phi) is 4.58. The van der Waals surface area contributed by atoms with Gasteiger partial charge < -0.3 is 15.0 Å².